The van der Waals surface area contributed by atoms with Crippen LogP contribution in [-0.4, -0.2) is 25.0 Å². The summed E-state index contributed by atoms with van der Waals surface area (Å²) in [6.07, 6.45) is 1.61. The molecule has 0 atom stereocenters. The van der Waals surface area contributed by atoms with Crippen LogP contribution in [0.15, 0.2) is 64.1 Å². The molecule has 164 valence electrons. The standard InChI is InChI=1S/C21H17BrCl3NO4S/c22-15-9-16(24)21(17(25)10-15)30-20-11-19(31(27,28)8-4-7-23)18(12-26-20)29-13-14-5-2-1-3-6-14/h1-3,5-6,9-12H,4,7-8,13H2. The van der Waals surface area contributed by atoms with Crippen LogP contribution in [0.2, 0.25) is 10.0 Å². The number of pyridine rings is 1. The number of alkyl halides is 1. The van der Waals surface area contributed by atoms with Crippen LogP contribution in [0.4, 0.5) is 0 Å². The quantitative estimate of drug-likeness (QED) is 0.264. The normalized spacial score (nSPS) is 11.4. The molecule has 0 saturated carbocycles. The second-order valence-electron chi connectivity index (χ2n) is 6.41. The van der Waals surface area contributed by atoms with Gasteiger partial charge in [-0.25, -0.2) is 13.4 Å². The zero-order chi connectivity index (χ0) is 22.4. The third-order valence-electron chi connectivity index (χ3n) is 4.10. The van der Waals surface area contributed by atoms with E-state index in [1.807, 2.05) is 30.3 Å². The van der Waals surface area contributed by atoms with E-state index in [2.05, 4.69) is 20.9 Å². The van der Waals surface area contributed by atoms with Crippen molar-refractivity contribution in [2.45, 2.75) is 17.9 Å². The molecule has 0 bridgehead atoms. The summed E-state index contributed by atoms with van der Waals surface area (Å²) in [5, 5.41) is 0.495. The van der Waals surface area contributed by atoms with Crippen LogP contribution in [0.25, 0.3) is 0 Å². The SMILES string of the molecule is O=S(=O)(CCCCl)c1cc(Oc2c(Cl)cc(Br)cc2Cl)ncc1OCc1ccccc1. The minimum absolute atomic E-state index is 0.0163. The molecule has 0 aliphatic rings. The Morgan fingerprint density at radius 1 is 1.03 bits per heavy atom. The van der Waals surface area contributed by atoms with E-state index in [1.165, 1.54) is 12.3 Å². The van der Waals surface area contributed by atoms with Gasteiger partial charge in [0.1, 0.15) is 11.5 Å². The molecule has 10 heteroatoms. The molecule has 0 spiro atoms. The Balaban J connectivity index is 1.95. The molecule has 0 unspecified atom stereocenters. The van der Waals surface area contributed by atoms with Crippen LogP contribution in [0.5, 0.6) is 17.4 Å². The van der Waals surface area contributed by atoms with Gasteiger partial charge in [-0.15, -0.1) is 11.6 Å². The van der Waals surface area contributed by atoms with Crippen LogP contribution >= 0.6 is 50.7 Å². The average molecular weight is 566 g/mol. The van der Waals surface area contributed by atoms with Crippen molar-refractivity contribution >= 4 is 60.6 Å². The van der Waals surface area contributed by atoms with Gasteiger partial charge < -0.3 is 9.47 Å². The van der Waals surface area contributed by atoms with Crippen molar-refractivity contribution in [3.63, 3.8) is 0 Å². The van der Waals surface area contributed by atoms with Gasteiger partial charge in [0.25, 0.3) is 0 Å². The van der Waals surface area contributed by atoms with Gasteiger partial charge >= 0.3 is 0 Å². The lowest BCUT2D eigenvalue weighted by atomic mass is 10.2. The van der Waals surface area contributed by atoms with Crippen LogP contribution in [0, 0.1) is 0 Å². The first-order valence-corrected chi connectivity index (χ1v) is 12.8. The third kappa shape index (κ3) is 6.49. The topological polar surface area (TPSA) is 65.5 Å². The summed E-state index contributed by atoms with van der Waals surface area (Å²) in [6, 6.07) is 13.9. The van der Waals surface area contributed by atoms with Crippen molar-refractivity contribution in [3.8, 4) is 17.4 Å². The Bertz CT molecular complexity index is 1140. The largest absolute Gasteiger partial charge is 0.486 e. The molecule has 0 fully saturated rings. The molecule has 0 N–H and O–H groups in total. The Morgan fingerprint density at radius 2 is 1.71 bits per heavy atom. The fourth-order valence-corrected chi connectivity index (χ4v) is 5.66. The van der Waals surface area contributed by atoms with Gasteiger partial charge in [0.15, 0.2) is 21.3 Å². The number of aromatic nitrogens is 1. The first-order chi connectivity index (χ1) is 14.8. The summed E-state index contributed by atoms with van der Waals surface area (Å²) >= 11 is 21.4. The molecule has 3 aromatic rings. The number of hydrogen-bond acceptors (Lipinski definition) is 5. The molecule has 1 aromatic heterocycles. The van der Waals surface area contributed by atoms with Gasteiger partial charge in [0.05, 0.1) is 22.0 Å². The smallest absolute Gasteiger partial charge is 0.220 e. The molecular formula is C21H17BrCl3NO4S. The summed E-state index contributed by atoms with van der Waals surface area (Å²) in [5.41, 5.74) is 0.889. The van der Waals surface area contributed by atoms with Crippen molar-refractivity contribution in [2.75, 3.05) is 11.6 Å². The molecule has 31 heavy (non-hydrogen) atoms. The number of hydrogen-bond donors (Lipinski definition) is 0. The van der Waals surface area contributed by atoms with Crippen molar-refractivity contribution < 1.29 is 17.9 Å². The first kappa shape index (κ1) is 24.1. The van der Waals surface area contributed by atoms with E-state index in [1.54, 1.807) is 12.1 Å². The van der Waals surface area contributed by atoms with E-state index in [0.29, 0.717) is 10.9 Å². The van der Waals surface area contributed by atoms with Crippen LogP contribution < -0.4 is 9.47 Å². The summed E-state index contributed by atoms with van der Waals surface area (Å²) in [5.74, 6) is 0.391. The van der Waals surface area contributed by atoms with E-state index >= 15 is 0 Å². The monoisotopic (exact) mass is 563 g/mol. The maximum atomic E-state index is 12.9. The lowest BCUT2D eigenvalue weighted by molar-refractivity contribution is 0.295. The molecule has 0 radical (unpaired) electrons. The van der Waals surface area contributed by atoms with Gasteiger partial charge in [-0.2, -0.15) is 0 Å². The fraction of sp³-hybridized carbons (Fsp3) is 0.190. The Morgan fingerprint density at radius 3 is 2.35 bits per heavy atom. The van der Waals surface area contributed by atoms with E-state index < -0.39 is 9.84 Å². The van der Waals surface area contributed by atoms with Crippen LogP contribution in [0.1, 0.15) is 12.0 Å². The molecule has 0 saturated heterocycles. The summed E-state index contributed by atoms with van der Waals surface area (Å²) < 4.78 is 38.0. The zero-order valence-corrected chi connectivity index (χ0v) is 20.7. The van der Waals surface area contributed by atoms with Crippen molar-refractivity contribution in [3.05, 3.63) is 74.8 Å². The third-order valence-corrected chi connectivity index (χ3v) is 7.20. The molecule has 0 aliphatic heterocycles. The van der Waals surface area contributed by atoms with Crippen molar-refractivity contribution in [2.24, 2.45) is 0 Å². The highest BCUT2D eigenvalue weighted by molar-refractivity contribution is 9.10. The highest BCUT2D eigenvalue weighted by Gasteiger charge is 2.22. The second kappa shape index (κ2) is 10.9. The lowest BCUT2D eigenvalue weighted by Gasteiger charge is -2.14. The van der Waals surface area contributed by atoms with Crippen molar-refractivity contribution in [1.29, 1.82) is 0 Å². The molecule has 0 amide bonds. The van der Waals surface area contributed by atoms with E-state index in [-0.39, 0.29) is 50.6 Å². The van der Waals surface area contributed by atoms with Gasteiger partial charge in [0, 0.05) is 16.4 Å². The summed E-state index contributed by atoms with van der Waals surface area (Å²) in [6.45, 7) is 0.186. The zero-order valence-electron chi connectivity index (χ0n) is 16.0. The first-order valence-electron chi connectivity index (χ1n) is 9.08. The van der Waals surface area contributed by atoms with Crippen molar-refractivity contribution in [1.82, 2.24) is 4.98 Å². The Kier molecular flexibility index (Phi) is 8.47. The fourth-order valence-electron chi connectivity index (χ4n) is 2.63. The second-order valence-corrected chi connectivity index (χ2v) is 10.6. The van der Waals surface area contributed by atoms with Gasteiger partial charge in [-0.05, 0) is 24.1 Å². The predicted molar refractivity (Wildman–Crippen MR) is 127 cm³/mol. The maximum Gasteiger partial charge on any atom is 0.220 e. The molecule has 1 heterocycles. The van der Waals surface area contributed by atoms with Gasteiger partial charge in [0.2, 0.25) is 5.88 Å². The number of benzene rings is 2. The average Bonchev–Trinajstić information content (AvgIpc) is 2.74. The Labute approximate surface area is 204 Å². The number of sulfone groups is 1. The number of nitrogens with zero attached hydrogens (tertiary/aromatic N) is 1. The molecule has 0 aliphatic carbocycles. The van der Waals surface area contributed by atoms with Gasteiger partial charge in [-0.1, -0.05) is 69.5 Å². The van der Waals surface area contributed by atoms with Crippen LogP contribution in [-0.2, 0) is 16.4 Å². The van der Waals surface area contributed by atoms with E-state index in [4.69, 9.17) is 44.3 Å². The highest BCUT2D eigenvalue weighted by atomic mass is 79.9. The predicted octanol–water partition coefficient (Wildman–Crippen LogP) is 6.92. The lowest BCUT2D eigenvalue weighted by Crippen LogP contribution is -2.11. The minimum Gasteiger partial charge on any atom is -0.486 e. The number of ether oxygens (including phenoxy) is 2. The summed E-state index contributed by atoms with van der Waals surface area (Å²) in [4.78, 5) is 4.14. The molecule has 2 aromatic carbocycles. The van der Waals surface area contributed by atoms with E-state index in [0.717, 1.165) is 5.56 Å². The maximum absolute atomic E-state index is 12.9. The minimum atomic E-state index is -3.70. The van der Waals surface area contributed by atoms with Crippen LogP contribution in [0.3, 0.4) is 0 Å². The number of rotatable bonds is 9. The Hall–Kier alpha value is -1.51. The highest BCUT2D eigenvalue weighted by Crippen LogP contribution is 2.39. The number of halogens is 4. The van der Waals surface area contributed by atoms with E-state index in [9.17, 15) is 8.42 Å². The molecular weight excluding hydrogens is 549 g/mol. The molecule has 3 rings (SSSR count). The molecule has 5 nitrogen and oxygen atoms in total. The van der Waals surface area contributed by atoms with Gasteiger partial charge in [-0.3, -0.25) is 0 Å². The summed E-state index contributed by atoms with van der Waals surface area (Å²) in [7, 11) is -3.70.